The van der Waals surface area contributed by atoms with E-state index in [2.05, 4.69) is 10.6 Å². The molecule has 0 aliphatic heterocycles. The van der Waals surface area contributed by atoms with Gasteiger partial charge in [-0.25, -0.2) is 0 Å². The van der Waals surface area contributed by atoms with Crippen molar-refractivity contribution in [3.05, 3.63) is 18.0 Å². The third-order valence-corrected chi connectivity index (χ3v) is 2.97. The molecule has 19 heavy (non-hydrogen) atoms. The van der Waals surface area contributed by atoms with Crippen LogP contribution in [-0.4, -0.2) is 29.0 Å². The number of nitrogen functional groups attached to an aromatic ring is 1. The maximum atomic E-state index is 12.0. The fourth-order valence-electron chi connectivity index (χ4n) is 1.91. The second-order valence-corrected chi connectivity index (χ2v) is 4.88. The number of hydrogen-bond donors (Lipinski definition) is 3. The molecule has 2 rings (SSSR count). The van der Waals surface area contributed by atoms with Gasteiger partial charge in [0.25, 0.3) is 5.91 Å². The van der Waals surface area contributed by atoms with E-state index < -0.39 is 0 Å². The summed E-state index contributed by atoms with van der Waals surface area (Å²) in [6.07, 6.45) is 4.73. The summed E-state index contributed by atoms with van der Waals surface area (Å²) in [7, 11) is 0. The highest BCUT2D eigenvalue weighted by Gasteiger charge is 2.23. The zero-order valence-electron chi connectivity index (χ0n) is 11.1. The van der Waals surface area contributed by atoms with Crippen molar-refractivity contribution in [2.24, 2.45) is 0 Å². The molecule has 1 saturated carbocycles. The van der Waals surface area contributed by atoms with Crippen molar-refractivity contribution in [2.75, 3.05) is 12.3 Å². The lowest BCUT2D eigenvalue weighted by Crippen LogP contribution is -2.38. The Morgan fingerprint density at radius 2 is 2.21 bits per heavy atom. The van der Waals surface area contributed by atoms with Gasteiger partial charge in [0, 0.05) is 18.8 Å². The number of amides is 2. The van der Waals surface area contributed by atoms with Gasteiger partial charge >= 0.3 is 0 Å². The van der Waals surface area contributed by atoms with Crippen LogP contribution in [0.25, 0.3) is 0 Å². The van der Waals surface area contributed by atoms with Gasteiger partial charge in [0.15, 0.2) is 0 Å². The smallest absolute Gasteiger partial charge is 0.268 e. The molecule has 1 heterocycles. The van der Waals surface area contributed by atoms with Gasteiger partial charge in [0.1, 0.15) is 5.69 Å². The second-order valence-electron chi connectivity index (χ2n) is 4.88. The van der Waals surface area contributed by atoms with Crippen molar-refractivity contribution >= 4 is 17.5 Å². The van der Waals surface area contributed by atoms with Crippen molar-refractivity contribution < 1.29 is 9.59 Å². The van der Waals surface area contributed by atoms with E-state index in [4.69, 9.17) is 5.73 Å². The zero-order chi connectivity index (χ0) is 13.8. The number of nitrogens with one attached hydrogen (secondary N) is 2. The fourth-order valence-corrected chi connectivity index (χ4v) is 1.91. The van der Waals surface area contributed by atoms with Crippen molar-refractivity contribution in [3.8, 4) is 0 Å². The molecule has 0 bridgehead atoms. The van der Waals surface area contributed by atoms with E-state index in [9.17, 15) is 9.59 Å². The van der Waals surface area contributed by atoms with Gasteiger partial charge in [-0.3, -0.25) is 9.59 Å². The monoisotopic (exact) mass is 264 g/mol. The lowest BCUT2D eigenvalue weighted by molar-refractivity contribution is -0.120. The maximum Gasteiger partial charge on any atom is 0.268 e. The summed E-state index contributed by atoms with van der Waals surface area (Å²) < 4.78 is 1.81. The molecule has 0 atom stereocenters. The summed E-state index contributed by atoms with van der Waals surface area (Å²) in [5.74, 6) is -0.409. The van der Waals surface area contributed by atoms with Crippen LogP contribution in [0, 0.1) is 0 Å². The van der Waals surface area contributed by atoms with E-state index in [1.807, 2.05) is 11.5 Å². The Labute approximate surface area is 112 Å². The van der Waals surface area contributed by atoms with E-state index >= 15 is 0 Å². The number of carbonyl (C=O) groups excluding carboxylic acids is 2. The lowest BCUT2D eigenvalue weighted by Gasteiger charge is -2.08. The molecule has 1 aliphatic carbocycles. The van der Waals surface area contributed by atoms with E-state index in [-0.39, 0.29) is 18.4 Å². The number of rotatable bonds is 6. The molecule has 1 aromatic heterocycles. The first-order valence-electron chi connectivity index (χ1n) is 6.63. The number of carbonyl (C=O) groups is 2. The predicted octanol–water partition coefficient (Wildman–Crippen LogP) is 0.489. The molecule has 0 aromatic carbocycles. The third-order valence-electron chi connectivity index (χ3n) is 2.97. The summed E-state index contributed by atoms with van der Waals surface area (Å²) in [6, 6.07) is 1.94. The largest absolute Gasteiger partial charge is 0.397 e. The molecule has 0 unspecified atom stereocenters. The highest BCUT2D eigenvalue weighted by atomic mass is 16.2. The van der Waals surface area contributed by atoms with E-state index in [0.29, 0.717) is 17.4 Å². The Kier molecular flexibility index (Phi) is 4.09. The van der Waals surface area contributed by atoms with Gasteiger partial charge in [0.2, 0.25) is 5.91 Å². The molecule has 1 aromatic rings. The second kappa shape index (κ2) is 5.77. The summed E-state index contributed by atoms with van der Waals surface area (Å²) in [5, 5.41) is 5.44. The van der Waals surface area contributed by atoms with Crippen LogP contribution in [0.15, 0.2) is 12.3 Å². The minimum atomic E-state index is -0.268. The molecule has 4 N–H and O–H groups in total. The Balaban J connectivity index is 1.89. The van der Waals surface area contributed by atoms with Crippen LogP contribution in [0.1, 0.15) is 36.7 Å². The fraction of sp³-hybridized carbons (Fsp3) is 0.538. The van der Waals surface area contributed by atoms with Crippen LogP contribution in [0.5, 0.6) is 0 Å². The van der Waals surface area contributed by atoms with Crippen LogP contribution < -0.4 is 16.4 Å². The highest BCUT2D eigenvalue weighted by molar-refractivity contribution is 5.96. The van der Waals surface area contributed by atoms with Crippen LogP contribution in [0.2, 0.25) is 0 Å². The molecule has 6 nitrogen and oxygen atoms in total. The third kappa shape index (κ3) is 3.74. The van der Waals surface area contributed by atoms with Crippen LogP contribution >= 0.6 is 0 Å². The van der Waals surface area contributed by atoms with Crippen LogP contribution in [-0.2, 0) is 11.3 Å². The molecule has 0 saturated heterocycles. The van der Waals surface area contributed by atoms with E-state index in [1.165, 1.54) is 0 Å². The highest BCUT2D eigenvalue weighted by Crippen LogP contribution is 2.18. The molecular weight excluding hydrogens is 244 g/mol. The molecule has 2 amide bonds. The van der Waals surface area contributed by atoms with Gasteiger partial charge in [-0.2, -0.15) is 0 Å². The van der Waals surface area contributed by atoms with Crippen molar-refractivity contribution in [3.63, 3.8) is 0 Å². The SMILES string of the molecule is CCCn1cc(N)cc1C(=O)NCC(=O)NC1CC1. The van der Waals surface area contributed by atoms with E-state index in [0.717, 1.165) is 25.8 Å². The Morgan fingerprint density at radius 3 is 2.84 bits per heavy atom. The molecule has 6 heteroatoms. The minimum Gasteiger partial charge on any atom is -0.397 e. The summed E-state index contributed by atoms with van der Waals surface area (Å²) in [6.45, 7) is 2.77. The summed E-state index contributed by atoms with van der Waals surface area (Å²) in [5.41, 5.74) is 6.75. The number of aryl methyl sites for hydroxylation is 1. The first kappa shape index (κ1) is 13.5. The number of nitrogens with zero attached hydrogens (tertiary/aromatic N) is 1. The van der Waals surface area contributed by atoms with Gasteiger partial charge in [-0.05, 0) is 25.3 Å². The van der Waals surface area contributed by atoms with E-state index in [1.54, 1.807) is 12.3 Å². The average molecular weight is 264 g/mol. The quantitative estimate of drug-likeness (QED) is 0.698. The number of nitrogens with two attached hydrogens (primary N) is 1. The number of anilines is 1. The first-order chi connectivity index (χ1) is 9.10. The van der Waals surface area contributed by atoms with Gasteiger partial charge in [-0.15, -0.1) is 0 Å². The van der Waals surface area contributed by atoms with Gasteiger partial charge in [-0.1, -0.05) is 6.92 Å². The first-order valence-corrected chi connectivity index (χ1v) is 6.63. The maximum absolute atomic E-state index is 12.0. The van der Waals surface area contributed by atoms with Gasteiger partial charge < -0.3 is 20.9 Å². The number of hydrogen-bond acceptors (Lipinski definition) is 3. The Hall–Kier alpha value is -1.98. The topological polar surface area (TPSA) is 89.2 Å². The van der Waals surface area contributed by atoms with Crippen LogP contribution in [0.3, 0.4) is 0 Å². The average Bonchev–Trinajstić information content (AvgIpc) is 3.09. The molecule has 1 aliphatic rings. The Morgan fingerprint density at radius 1 is 1.47 bits per heavy atom. The van der Waals surface area contributed by atoms with Crippen molar-refractivity contribution in [2.45, 2.75) is 38.8 Å². The summed E-state index contributed by atoms with van der Waals surface area (Å²) >= 11 is 0. The van der Waals surface area contributed by atoms with Crippen LogP contribution in [0.4, 0.5) is 5.69 Å². The zero-order valence-corrected chi connectivity index (χ0v) is 11.1. The van der Waals surface area contributed by atoms with Gasteiger partial charge in [0.05, 0.1) is 12.2 Å². The van der Waals surface area contributed by atoms with Crippen molar-refractivity contribution in [1.29, 1.82) is 0 Å². The number of aromatic nitrogens is 1. The van der Waals surface area contributed by atoms with Crippen molar-refractivity contribution in [1.82, 2.24) is 15.2 Å². The molecule has 0 spiro atoms. The Bertz CT molecular complexity index is 477. The molecular formula is C13H20N4O2. The summed E-state index contributed by atoms with van der Waals surface area (Å²) in [4.78, 5) is 23.5. The lowest BCUT2D eigenvalue weighted by atomic mass is 10.3. The molecule has 104 valence electrons. The standard InChI is InChI=1S/C13H20N4O2/c1-2-5-17-8-9(14)6-11(17)13(19)15-7-12(18)16-10-3-4-10/h6,8,10H,2-5,7,14H2,1H3,(H,15,19)(H,16,18). The predicted molar refractivity (Wildman–Crippen MR) is 72.6 cm³/mol. The minimum absolute atomic E-state index is 0.00649. The normalized spacial score (nSPS) is 14.2. The molecule has 0 radical (unpaired) electrons. The molecule has 1 fully saturated rings.